The van der Waals surface area contributed by atoms with Crippen molar-refractivity contribution in [1.29, 1.82) is 5.26 Å². The van der Waals surface area contributed by atoms with Gasteiger partial charge in [-0.1, -0.05) is 11.8 Å². The number of allylic oxidation sites excluding steroid dienone is 1. The molecule has 2 aliphatic heterocycles. The van der Waals surface area contributed by atoms with Crippen LogP contribution in [0.15, 0.2) is 22.1 Å². The minimum Gasteiger partial charge on any atom is -0.477 e. The highest BCUT2D eigenvalue weighted by Gasteiger charge is 2.53. The van der Waals surface area contributed by atoms with Crippen LogP contribution in [0.25, 0.3) is 0 Å². The van der Waals surface area contributed by atoms with E-state index in [1.807, 2.05) is 6.07 Å². The van der Waals surface area contributed by atoms with Crippen LogP contribution in [-0.4, -0.2) is 45.5 Å². The van der Waals surface area contributed by atoms with Gasteiger partial charge in [0.2, 0.25) is 6.41 Å². The Morgan fingerprint density at radius 1 is 1.65 bits per heavy atom. The van der Waals surface area contributed by atoms with Gasteiger partial charge in [-0.25, -0.2) is 4.79 Å². The number of nitriles is 1. The van der Waals surface area contributed by atoms with Gasteiger partial charge in [0.15, 0.2) is 0 Å². The second-order valence-electron chi connectivity index (χ2n) is 3.80. The largest absolute Gasteiger partial charge is 0.477 e. The molecule has 1 unspecified atom stereocenters. The third-order valence-corrected chi connectivity index (χ3v) is 5.09. The van der Waals surface area contributed by atoms with Gasteiger partial charge in [-0.2, -0.15) is 5.26 Å². The van der Waals surface area contributed by atoms with E-state index < -0.39 is 17.9 Å². The molecule has 1 saturated heterocycles. The van der Waals surface area contributed by atoms with E-state index in [1.165, 1.54) is 28.1 Å². The van der Waals surface area contributed by atoms with Crippen LogP contribution in [0.5, 0.6) is 0 Å². The van der Waals surface area contributed by atoms with Crippen LogP contribution >= 0.6 is 23.5 Å². The zero-order valence-corrected chi connectivity index (χ0v) is 11.6. The first-order chi connectivity index (χ1) is 9.61. The Labute approximate surface area is 122 Å². The van der Waals surface area contributed by atoms with Crippen LogP contribution in [0.2, 0.25) is 0 Å². The average molecular weight is 311 g/mol. The van der Waals surface area contributed by atoms with Gasteiger partial charge in [0, 0.05) is 16.7 Å². The highest BCUT2D eigenvalue weighted by Crippen LogP contribution is 2.43. The quantitative estimate of drug-likeness (QED) is 0.420. The predicted octanol–water partition coefficient (Wildman–Crippen LogP) is 0.0828. The first-order valence-corrected chi connectivity index (χ1v) is 7.36. The third-order valence-electron chi connectivity index (χ3n) is 2.74. The van der Waals surface area contributed by atoms with Crippen molar-refractivity contribution >= 4 is 41.8 Å². The van der Waals surface area contributed by atoms with Crippen molar-refractivity contribution < 1.29 is 19.5 Å². The number of carbonyl (C=O) groups is 3. The smallest absolute Gasteiger partial charge is 0.353 e. The molecule has 0 spiro atoms. The second-order valence-corrected chi connectivity index (χ2v) is 5.90. The molecule has 0 aliphatic carbocycles. The number of nitrogens with one attached hydrogen (secondary N) is 1. The number of thioether (sulfide) groups is 2. The van der Waals surface area contributed by atoms with E-state index in [4.69, 9.17) is 5.26 Å². The minimum absolute atomic E-state index is 0.0738. The summed E-state index contributed by atoms with van der Waals surface area (Å²) >= 11 is 2.48. The van der Waals surface area contributed by atoms with E-state index in [9.17, 15) is 19.5 Å². The highest BCUT2D eigenvalue weighted by molar-refractivity contribution is 8.08. The van der Waals surface area contributed by atoms with Crippen LogP contribution in [0.1, 0.15) is 0 Å². The number of hydrogen-bond acceptors (Lipinski definition) is 6. The van der Waals surface area contributed by atoms with Gasteiger partial charge >= 0.3 is 5.97 Å². The monoisotopic (exact) mass is 311 g/mol. The minimum atomic E-state index is -1.19. The number of carboxylic acids is 1. The lowest BCUT2D eigenvalue weighted by atomic mass is 10.1. The van der Waals surface area contributed by atoms with E-state index in [-0.39, 0.29) is 11.1 Å². The van der Waals surface area contributed by atoms with Crippen molar-refractivity contribution in [2.24, 2.45) is 0 Å². The van der Waals surface area contributed by atoms with Crippen LogP contribution in [0.3, 0.4) is 0 Å². The van der Waals surface area contributed by atoms with Crippen LogP contribution in [0.4, 0.5) is 0 Å². The molecule has 2 rings (SSSR count). The third kappa shape index (κ3) is 2.39. The highest BCUT2D eigenvalue weighted by atomic mass is 32.2. The summed E-state index contributed by atoms with van der Waals surface area (Å²) in [6.45, 7) is 0. The molecule has 2 aliphatic rings. The number of hydrogen-bond donors (Lipinski definition) is 2. The molecular formula is C11H9N3O4S2. The number of amides is 2. The zero-order chi connectivity index (χ0) is 14.7. The second kappa shape index (κ2) is 6.02. The molecule has 2 amide bonds. The van der Waals surface area contributed by atoms with E-state index in [2.05, 4.69) is 5.32 Å². The molecule has 2 atom stereocenters. The number of aliphatic carboxylic acids is 1. The molecular weight excluding hydrogens is 302 g/mol. The van der Waals surface area contributed by atoms with Gasteiger partial charge in [0.05, 0.1) is 6.07 Å². The summed E-state index contributed by atoms with van der Waals surface area (Å²) in [4.78, 5) is 35.3. The fourth-order valence-corrected chi connectivity index (χ4v) is 4.19. The summed E-state index contributed by atoms with van der Waals surface area (Å²) in [6.07, 6.45) is 1.67. The summed E-state index contributed by atoms with van der Waals surface area (Å²) < 4.78 is 0. The Morgan fingerprint density at radius 3 is 3.00 bits per heavy atom. The first-order valence-electron chi connectivity index (χ1n) is 5.44. The Kier molecular flexibility index (Phi) is 4.36. The molecule has 9 heteroatoms. The molecule has 1 fully saturated rings. The van der Waals surface area contributed by atoms with E-state index in [0.29, 0.717) is 17.1 Å². The zero-order valence-electron chi connectivity index (χ0n) is 9.98. The maximum Gasteiger partial charge on any atom is 0.353 e. The predicted molar refractivity (Wildman–Crippen MR) is 73.1 cm³/mol. The summed E-state index contributed by atoms with van der Waals surface area (Å²) in [5.41, 5.74) is -0.0738. The Bertz CT molecular complexity index is 567. The molecule has 0 radical (unpaired) electrons. The van der Waals surface area contributed by atoms with Crippen LogP contribution in [0, 0.1) is 11.3 Å². The SMILES string of the molecule is N#CC=CSC1=C(C(=O)O)N2C(=O)C(NC=O)[C@@H]2SC1. The topological polar surface area (TPSA) is 110 Å². The lowest BCUT2D eigenvalue weighted by Gasteiger charge is -2.48. The van der Waals surface area contributed by atoms with E-state index in [1.54, 1.807) is 0 Å². The lowest BCUT2D eigenvalue weighted by Crippen LogP contribution is -2.69. The van der Waals surface area contributed by atoms with Gasteiger partial charge in [0.1, 0.15) is 17.1 Å². The maximum atomic E-state index is 11.9. The summed E-state index contributed by atoms with van der Waals surface area (Å²) in [5.74, 6) is -1.22. The van der Waals surface area contributed by atoms with Gasteiger partial charge < -0.3 is 10.4 Å². The maximum absolute atomic E-state index is 11.9. The molecule has 104 valence electrons. The fraction of sp³-hybridized carbons (Fsp3) is 0.273. The fourth-order valence-electron chi connectivity index (χ4n) is 1.92. The number of fused-ring (bicyclic) bond motifs is 1. The number of nitrogens with zero attached hydrogens (tertiary/aromatic N) is 2. The molecule has 0 aromatic carbocycles. The molecule has 0 saturated carbocycles. The van der Waals surface area contributed by atoms with Gasteiger partial charge in [-0.15, -0.1) is 11.8 Å². The van der Waals surface area contributed by atoms with Gasteiger partial charge in [-0.3, -0.25) is 14.5 Å². The molecule has 2 N–H and O–H groups in total. The van der Waals surface area contributed by atoms with Crippen molar-refractivity contribution in [1.82, 2.24) is 10.2 Å². The Hall–Kier alpha value is -1.92. The van der Waals surface area contributed by atoms with Crippen LogP contribution < -0.4 is 5.32 Å². The summed E-state index contributed by atoms with van der Waals surface area (Å²) in [5, 5.41) is 21.2. The Balaban J connectivity index is 2.26. The van der Waals surface area contributed by atoms with Gasteiger partial charge in [-0.05, 0) is 5.41 Å². The van der Waals surface area contributed by atoms with Crippen molar-refractivity contribution in [3.8, 4) is 6.07 Å². The normalized spacial score (nSPS) is 24.9. The van der Waals surface area contributed by atoms with Crippen molar-refractivity contribution in [3.63, 3.8) is 0 Å². The molecule has 0 bridgehead atoms. The van der Waals surface area contributed by atoms with Crippen molar-refractivity contribution in [2.45, 2.75) is 11.4 Å². The molecule has 0 aromatic rings. The Morgan fingerprint density at radius 2 is 2.40 bits per heavy atom. The average Bonchev–Trinajstić information content (AvgIpc) is 2.44. The molecule has 20 heavy (non-hydrogen) atoms. The molecule has 2 heterocycles. The standard InChI is InChI=1S/C11H9N3O4S2/c12-2-1-3-19-6-4-20-10-7(13-5-15)9(16)14(10)8(6)11(17)18/h1,3,5,7,10H,4H2,(H,13,15)(H,17,18)/t7?,10-/m0/s1. The summed E-state index contributed by atoms with van der Waals surface area (Å²) in [7, 11) is 0. The summed E-state index contributed by atoms with van der Waals surface area (Å²) in [6, 6.07) is 1.14. The molecule has 7 nitrogen and oxygen atoms in total. The van der Waals surface area contributed by atoms with Crippen LogP contribution in [-0.2, 0) is 14.4 Å². The number of carboxylic acid groups (broad SMARTS) is 1. The van der Waals surface area contributed by atoms with E-state index >= 15 is 0 Å². The van der Waals surface area contributed by atoms with Gasteiger partial charge in [0.25, 0.3) is 5.91 Å². The van der Waals surface area contributed by atoms with E-state index in [0.717, 1.165) is 11.8 Å². The molecule has 0 aromatic heterocycles. The number of carbonyl (C=O) groups excluding carboxylic acids is 2. The van der Waals surface area contributed by atoms with Crippen molar-refractivity contribution in [2.75, 3.05) is 5.75 Å². The lowest BCUT2D eigenvalue weighted by molar-refractivity contribution is -0.149. The number of rotatable bonds is 5. The van der Waals surface area contributed by atoms with Crippen molar-refractivity contribution in [3.05, 3.63) is 22.1 Å². The first kappa shape index (κ1) is 14.5. The number of β-lactam (4-membered cyclic amide) rings is 1.